The first-order valence-electron chi connectivity index (χ1n) is 15.2. The molecule has 5 heterocycles. The fraction of sp³-hybridized carbons (Fsp3) is 0.429. The molecule has 5 aliphatic heterocycles. The van der Waals surface area contributed by atoms with Gasteiger partial charge in [0, 0.05) is 53.8 Å². The molecule has 0 spiro atoms. The molecule has 0 saturated carbocycles. The average Bonchev–Trinajstić information content (AvgIpc) is 3.71. The molecular weight excluding hydrogens is 538 g/mol. The number of nitrogens with zero attached hydrogens (tertiary/aromatic N) is 4. The van der Waals surface area contributed by atoms with Crippen LogP contribution >= 0.6 is 0 Å². The molecule has 1 aliphatic carbocycles. The fourth-order valence-corrected chi connectivity index (χ4v) is 7.05. The second kappa shape index (κ2) is 10.9. The van der Waals surface area contributed by atoms with Gasteiger partial charge in [-0.2, -0.15) is 0 Å². The molecule has 1 saturated heterocycles. The maximum absolute atomic E-state index is 12.2. The number of ether oxygens (including phenoxy) is 1. The first kappa shape index (κ1) is 29.1. The largest absolute Gasteiger partial charge is 0.511 e. The predicted octanol–water partition coefficient (Wildman–Crippen LogP) is 6.17. The number of methoxy groups -OCH3 is 1. The van der Waals surface area contributed by atoms with Crippen LogP contribution < -0.4 is 5.32 Å². The molecule has 2 N–H and O–H groups in total. The zero-order valence-electron chi connectivity index (χ0n) is 26.5. The van der Waals surface area contributed by atoms with Crippen LogP contribution in [0.3, 0.4) is 0 Å². The van der Waals surface area contributed by atoms with E-state index in [2.05, 4.69) is 70.2 Å². The smallest absolute Gasteiger partial charge is 0.305 e. The Morgan fingerprint density at radius 3 is 2.37 bits per heavy atom. The third-order valence-electron chi connectivity index (χ3n) is 9.54. The third kappa shape index (κ3) is 4.82. The number of allylic oxidation sites excluding steroid dienone is 11. The second-order valence-electron chi connectivity index (χ2n) is 12.4. The van der Waals surface area contributed by atoms with E-state index < -0.39 is 0 Å². The monoisotopic (exact) mass is 579 g/mol. The van der Waals surface area contributed by atoms with Gasteiger partial charge in [0.15, 0.2) is 0 Å². The van der Waals surface area contributed by atoms with Crippen molar-refractivity contribution < 1.29 is 14.6 Å². The molecule has 6 rings (SSSR count). The summed E-state index contributed by atoms with van der Waals surface area (Å²) in [5.74, 6) is 0.253. The van der Waals surface area contributed by atoms with E-state index in [1.54, 1.807) is 0 Å². The first-order valence-corrected chi connectivity index (χ1v) is 15.2. The molecule has 8 heteroatoms. The first-order chi connectivity index (χ1) is 20.5. The highest BCUT2D eigenvalue weighted by Gasteiger charge is 2.41. The van der Waals surface area contributed by atoms with Crippen LogP contribution in [0.25, 0.3) is 0 Å². The zero-order valence-corrected chi connectivity index (χ0v) is 26.5. The Kier molecular flexibility index (Phi) is 7.37. The van der Waals surface area contributed by atoms with Crippen LogP contribution in [0, 0.1) is 11.8 Å². The predicted molar refractivity (Wildman–Crippen MR) is 172 cm³/mol. The highest BCUT2D eigenvalue weighted by molar-refractivity contribution is 6.21. The fourth-order valence-electron chi connectivity index (χ4n) is 7.05. The summed E-state index contributed by atoms with van der Waals surface area (Å²) in [6.07, 6.45) is 8.57. The number of aliphatic hydroxyl groups is 1. The van der Waals surface area contributed by atoms with E-state index in [0.29, 0.717) is 25.0 Å². The summed E-state index contributed by atoms with van der Waals surface area (Å²) in [6.45, 7) is 11.4. The summed E-state index contributed by atoms with van der Waals surface area (Å²) >= 11 is 0. The van der Waals surface area contributed by atoms with Crippen LogP contribution in [0.2, 0.25) is 0 Å². The number of aliphatic imine (C=N–C) groups is 3. The minimum absolute atomic E-state index is 0.0370. The summed E-state index contributed by atoms with van der Waals surface area (Å²) in [7, 11) is 5.59. The van der Waals surface area contributed by atoms with E-state index in [0.717, 1.165) is 86.5 Å². The van der Waals surface area contributed by atoms with Gasteiger partial charge in [0.1, 0.15) is 5.76 Å². The molecule has 0 amide bonds. The van der Waals surface area contributed by atoms with E-state index in [9.17, 15) is 9.90 Å². The van der Waals surface area contributed by atoms with Crippen molar-refractivity contribution in [2.75, 3.05) is 27.7 Å². The highest BCUT2D eigenvalue weighted by Crippen LogP contribution is 2.46. The Hall–Kier alpha value is -4.04. The van der Waals surface area contributed by atoms with Crippen LogP contribution in [0.4, 0.5) is 0 Å². The minimum atomic E-state index is -0.224. The maximum Gasteiger partial charge on any atom is 0.305 e. The Morgan fingerprint density at radius 2 is 1.70 bits per heavy atom. The van der Waals surface area contributed by atoms with E-state index in [1.165, 1.54) is 18.3 Å². The zero-order chi connectivity index (χ0) is 30.7. The van der Waals surface area contributed by atoms with Crippen molar-refractivity contribution in [3.63, 3.8) is 0 Å². The molecule has 0 unspecified atom stereocenters. The Morgan fingerprint density at radius 1 is 1.02 bits per heavy atom. The number of fused-ring (bicyclic) bond motifs is 5. The summed E-state index contributed by atoms with van der Waals surface area (Å²) < 4.78 is 4.99. The number of rotatable bonds is 6. The number of carbonyl (C=O) groups excluding carboxylic acids is 1. The van der Waals surface area contributed by atoms with Gasteiger partial charge in [0.05, 0.1) is 41.3 Å². The highest BCUT2D eigenvalue weighted by atomic mass is 16.5. The molecule has 43 heavy (non-hydrogen) atoms. The van der Waals surface area contributed by atoms with Crippen LogP contribution in [-0.4, -0.2) is 60.9 Å². The van der Waals surface area contributed by atoms with E-state index in [-0.39, 0.29) is 17.8 Å². The van der Waals surface area contributed by atoms with Crippen LogP contribution in [0.5, 0.6) is 0 Å². The average molecular weight is 580 g/mol. The van der Waals surface area contributed by atoms with Crippen molar-refractivity contribution in [3.05, 3.63) is 91.5 Å². The molecule has 0 aromatic carbocycles. The van der Waals surface area contributed by atoms with Gasteiger partial charge in [-0.15, -0.1) is 0 Å². The van der Waals surface area contributed by atoms with Gasteiger partial charge in [0.25, 0.3) is 0 Å². The Labute approximate surface area is 254 Å². The molecular formula is C35H41N5O3. The summed E-state index contributed by atoms with van der Waals surface area (Å²) in [5, 5.41) is 15.0. The molecule has 0 aromatic heterocycles. The maximum atomic E-state index is 12.2. The molecule has 8 bridgehead atoms. The SMILES string of the molecule is CCC1=C(C)C2=NC1=CC1=C(C)C3=C(O)CC(=C4NC(=CC5=NC(=C2)C(CN(C)C)=C5C)[C@@H](C)[C@@H]4CCC(=O)OC)C3=N1. The number of hydrogen-bond donors (Lipinski definition) is 2. The molecule has 0 radical (unpaired) electrons. The van der Waals surface area contributed by atoms with Gasteiger partial charge in [-0.1, -0.05) is 13.8 Å². The lowest BCUT2D eigenvalue weighted by atomic mass is 9.86. The molecule has 8 nitrogen and oxygen atoms in total. The van der Waals surface area contributed by atoms with Crippen LogP contribution in [0.15, 0.2) is 106 Å². The summed E-state index contributed by atoms with van der Waals surface area (Å²) in [5.41, 5.74) is 14.9. The quantitative estimate of drug-likeness (QED) is 0.367. The molecule has 0 aromatic rings. The molecule has 224 valence electrons. The lowest BCUT2D eigenvalue weighted by Crippen LogP contribution is -2.16. The van der Waals surface area contributed by atoms with Crippen molar-refractivity contribution in [3.8, 4) is 0 Å². The number of esters is 1. The van der Waals surface area contributed by atoms with Gasteiger partial charge in [-0.25, -0.2) is 15.0 Å². The Bertz CT molecular complexity index is 1700. The van der Waals surface area contributed by atoms with E-state index in [1.807, 2.05) is 6.92 Å². The van der Waals surface area contributed by atoms with Gasteiger partial charge in [-0.3, -0.25) is 4.79 Å². The standard InChI is InChI=1S/C35H41N5O3/c1-9-21-17(2)26-14-30-24(16-40(6)7)19(4)25(37-30)13-27-18(3)22(10-11-32(42)43-8)34(38-27)23-12-31(41)33-20(5)28(39-35(23)33)15-29(21)36-26/h13-15,18,22,38,41H,9-12,16H2,1-8H3/t18-,22-/m0/s1. The second-order valence-corrected chi connectivity index (χ2v) is 12.4. The number of likely N-dealkylation sites (N-methyl/N-ethyl adjacent to an activating group) is 1. The van der Waals surface area contributed by atoms with Gasteiger partial charge < -0.3 is 20.1 Å². The normalized spacial score (nSPS) is 24.6. The summed E-state index contributed by atoms with van der Waals surface area (Å²) in [4.78, 5) is 29.8. The lowest BCUT2D eigenvalue weighted by molar-refractivity contribution is -0.140. The van der Waals surface area contributed by atoms with Crippen molar-refractivity contribution in [1.29, 1.82) is 0 Å². The molecule has 1 fully saturated rings. The third-order valence-corrected chi connectivity index (χ3v) is 9.54. The lowest BCUT2D eigenvalue weighted by Gasteiger charge is -2.17. The van der Waals surface area contributed by atoms with E-state index in [4.69, 9.17) is 19.7 Å². The number of carbonyl (C=O) groups is 1. The number of aliphatic hydroxyl groups excluding tert-OH is 1. The van der Waals surface area contributed by atoms with Gasteiger partial charge >= 0.3 is 5.97 Å². The van der Waals surface area contributed by atoms with Crippen molar-refractivity contribution in [1.82, 2.24) is 10.2 Å². The van der Waals surface area contributed by atoms with Gasteiger partial charge in [-0.05, 0) is 93.8 Å². The Balaban J connectivity index is 1.59. The van der Waals surface area contributed by atoms with Crippen molar-refractivity contribution >= 4 is 23.1 Å². The van der Waals surface area contributed by atoms with Crippen LogP contribution in [-0.2, 0) is 9.53 Å². The number of nitrogens with one attached hydrogen (secondary N) is 1. The van der Waals surface area contributed by atoms with Crippen molar-refractivity contribution in [2.24, 2.45) is 26.8 Å². The minimum Gasteiger partial charge on any atom is -0.511 e. The van der Waals surface area contributed by atoms with Crippen LogP contribution in [0.1, 0.15) is 60.3 Å². The van der Waals surface area contributed by atoms with Crippen molar-refractivity contribution in [2.45, 2.75) is 60.3 Å². The topological polar surface area (TPSA) is 98.9 Å². The molecule has 6 aliphatic rings. The molecule has 2 atom stereocenters. The van der Waals surface area contributed by atoms with E-state index >= 15 is 0 Å². The summed E-state index contributed by atoms with van der Waals surface area (Å²) in [6, 6.07) is 0. The number of hydrogen-bond acceptors (Lipinski definition) is 8. The van der Waals surface area contributed by atoms with Gasteiger partial charge in [0.2, 0.25) is 0 Å².